The quantitative estimate of drug-likeness (QED) is 0.708. The fourth-order valence-corrected chi connectivity index (χ4v) is 4.16. The third-order valence-electron chi connectivity index (χ3n) is 5.28. The van der Waals surface area contributed by atoms with Gasteiger partial charge in [0.25, 0.3) is 0 Å². The Kier molecular flexibility index (Phi) is 3.65. The number of carbonyl (C=O) groups is 1. The Labute approximate surface area is 138 Å². The van der Waals surface area contributed by atoms with Gasteiger partial charge in [0.15, 0.2) is 5.78 Å². The minimum Gasteiger partial charge on any atom is -0.289 e. The van der Waals surface area contributed by atoms with Crippen molar-refractivity contribution in [2.75, 3.05) is 0 Å². The van der Waals surface area contributed by atoms with Crippen molar-refractivity contribution in [2.24, 2.45) is 5.92 Å². The average molecular weight is 302 g/mol. The Morgan fingerprint density at radius 3 is 2.35 bits per heavy atom. The van der Waals surface area contributed by atoms with Crippen molar-refractivity contribution in [2.45, 2.75) is 39.0 Å². The zero-order chi connectivity index (χ0) is 15.8. The van der Waals surface area contributed by atoms with E-state index in [9.17, 15) is 4.79 Å². The summed E-state index contributed by atoms with van der Waals surface area (Å²) in [6.07, 6.45) is 6.12. The fraction of sp³-hybridized carbons (Fsp3) is 0.318. The number of fused-ring (bicyclic) bond motifs is 1. The van der Waals surface area contributed by atoms with Gasteiger partial charge in [0.2, 0.25) is 0 Å². The molecule has 0 amide bonds. The number of hydrogen-bond donors (Lipinski definition) is 0. The van der Waals surface area contributed by atoms with Crippen LogP contribution in [0.3, 0.4) is 0 Å². The average Bonchev–Trinajstić information content (AvgIpc) is 2.88. The van der Waals surface area contributed by atoms with E-state index in [1.807, 2.05) is 12.1 Å². The molecule has 1 nitrogen and oxygen atoms in total. The van der Waals surface area contributed by atoms with Crippen molar-refractivity contribution in [3.8, 4) is 0 Å². The molecule has 2 aliphatic carbocycles. The van der Waals surface area contributed by atoms with E-state index in [1.54, 1.807) is 0 Å². The summed E-state index contributed by atoms with van der Waals surface area (Å²) in [4.78, 5) is 13.1. The molecule has 0 spiro atoms. The van der Waals surface area contributed by atoms with Crippen LogP contribution in [-0.4, -0.2) is 5.78 Å². The molecule has 0 heterocycles. The highest BCUT2D eigenvalue weighted by Crippen LogP contribution is 2.44. The van der Waals surface area contributed by atoms with Crippen molar-refractivity contribution in [3.05, 3.63) is 76.4 Å². The van der Waals surface area contributed by atoms with Crippen LogP contribution in [-0.2, 0) is 0 Å². The maximum absolute atomic E-state index is 13.1. The van der Waals surface area contributed by atoms with Gasteiger partial charge in [0.05, 0.1) is 0 Å². The van der Waals surface area contributed by atoms with Crippen molar-refractivity contribution < 1.29 is 4.79 Å². The van der Waals surface area contributed by atoms with Gasteiger partial charge in [-0.3, -0.25) is 4.79 Å². The zero-order valence-corrected chi connectivity index (χ0v) is 13.6. The lowest BCUT2D eigenvalue weighted by atomic mass is 9.80. The lowest BCUT2D eigenvalue weighted by Gasteiger charge is -2.23. The van der Waals surface area contributed by atoms with E-state index in [2.05, 4.69) is 43.3 Å². The minimum atomic E-state index is 0.269. The summed E-state index contributed by atoms with van der Waals surface area (Å²) in [6, 6.07) is 16.7. The third kappa shape index (κ3) is 2.45. The summed E-state index contributed by atoms with van der Waals surface area (Å²) in [6.45, 7) is 2.10. The Hall–Kier alpha value is -2.15. The molecule has 1 fully saturated rings. The first-order valence-corrected chi connectivity index (χ1v) is 8.71. The Morgan fingerprint density at radius 2 is 1.61 bits per heavy atom. The highest BCUT2D eigenvalue weighted by molar-refractivity contribution is 6.23. The summed E-state index contributed by atoms with van der Waals surface area (Å²) in [5.41, 5.74) is 6.72. The number of ketones is 1. The smallest absolute Gasteiger partial charge is 0.190 e. The lowest BCUT2D eigenvalue weighted by Crippen LogP contribution is -2.14. The Balaban J connectivity index is 1.93. The molecular formula is C22H22O. The number of aryl methyl sites for hydroxylation is 1. The van der Waals surface area contributed by atoms with E-state index in [0.29, 0.717) is 5.92 Å². The second-order valence-electron chi connectivity index (χ2n) is 6.87. The summed E-state index contributed by atoms with van der Waals surface area (Å²) in [7, 11) is 0. The molecule has 116 valence electrons. The van der Waals surface area contributed by atoms with Gasteiger partial charge in [-0.15, -0.1) is 0 Å². The molecular weight excluding hydrogens is 280 g/mol. The van der Waals surface area contributed by atoms with Crippen LogP contribution in [0, 0.1) is 12.8 Å². The molecule has 0 radical (unpaired) electrons. The Morgan fingerprint density at radius 1 is 0.870 bits per heavy atom. The molecule has 0 unspecified atom stereocenters. The van der Waals surface area contributed by atoms with Gasteiger partial charge in [-0.1, -0.05) is 73.4 Å². The molecule has 1 saturated carbocycles. The first-order valence-electron chi connectivity index (χ1n) is 8.71. The van der Waals surface area contributed by atoms with Crippen LogP contribution in [0.5, 0.6) is 0 Å². The fourth-order valence-electron chi connectivity index (χ4n) is 4.16. The van der Waals surface area contributed by atoms with Crippen molar-refractivity contribution in [3.63, 3.8) is 0 Å². The van der Waals surface area contributed by atoms with Gasteiger partial charge in [-0.25, -0.2) is 0 Å². The number of rotatable bonds is 2. The molecule has 0 saturated heterocycles. The van der Waals surface area contributed by atoms with Crippen molar-refractivity contribution >= 4 is 11.4 Å². The largest absolute Gasteiger partial charge is 0.289 e. The van der Waals surface area contributed by atoms with Gasteiger partial charge < -0.3 is 0 Å². The van der Waals surface area contributed by atoms with Gasteiger partial charge in [-0.05, 0) is 42.4 Å². The van der Waals surface area contributed by atoms with E-state index in [0.717, 1.165) is 29.5 Å². The zero-order valence-electron chi connectivity index (χ0n) is 13.6. The molecule has 0 atom stereocenters. The number of benzene rings is 2. The molecule has 2 aromatic carbocycles. The van der Waals surface area contributed by atoms with E-state index in [1.165, 1.54) is 36.0 Å². The standard InChI is InChI=1S/C22H22O/c1-15-12-13-18-19(14-15)20(16-8-4-2-5-9-16)21(22(18)23)17-10-6-3-7-11-17/h2,4-5,8-9,12-14,17H,3,6-7,10-11H2,1H3. The molecule has 0 N–H and O–H groups in total. The number of allylic oxidation sites excluding steroid dienone is 1. The summed E-state index contributed by atoms with van der Waals surface area (Å²) < 4.78 is 0. The number of carbonyl (C=O) groups excluding carboxylic acids is 1. The summed E-state index contributed by atoms with van der Waals surface area (Å²) >= 11 is 0. The maximum atomic E-state index is 13.1. The van der Waals surface area contributed by atoms with E-state index in [-0.39, 0.29) is 5.78 Å². The monoisotopic (exact) mass is 302 g/mol. The van der Waals surface area contributed by atoms with Crippen LogP contribution < -0.4 is 0 Å². The third-order valence-corrected chi connectivity index (χ3v) is 5.28. The van der Waals surface area contributed by atoms with Crippen LogP contribution >= 0.6 is 0 Å². The van der Waals surface area contributed by atoms with Crippen molar-refractivity contribution in [1.29, 1.82) is 0 Å². The minimum absolute atomic E-state index is 0.269. The van der Waals surface area contributed by atoms with Crippen LogP contribution in [0.25, 0.3) is 5.57 Å². The van der Waals surface area contributed by atoms with Crippen LogP contribution in [0.1, 0.15) is 59.2 Å². The van der Waals surface area contributed by atoms with E-state index in [4.69, 9.17) is 0 Å². The lowest BCUT2D eigenvalue weighted by molar-refractivity contribution is 0.102. The van der Waals surface area contributed by atoms with Gasteiger partial charge in [0, 0.05) is 11.1 Å². The molecule has 23 heavy (non-hydrogen) atoms. The molecule has 1 heteroatoms. The molecule has 2 aromatic rings. The van der Waals surface area contributed by atoms with Crippen LogP contribution in [0.15, 0.2) is 54.1 Å². The van der Waals surface area contributed by atoms with E-state index >= 15 is 0 Å². The maximum Gasteiger partial charge on any atom is 0.190 e. The molecule has 4 rings (SSSR count). The second kappa shape index (κ2) is 5.81. The van der Waals surface area contributed by atoms with Gasteiger partial charge >= 0.3 is 0 Å². The Bertz CT molecular complexity index is 777. The highest BCUT2D eigenvalue weighted by atomic mass is 16.1. The topological polar surface area (TPSA) is 17.1 Å². The highest BCUT2D eigenvalue weighted by Gasteiger charge is 2.35. The number of Topliss-reactive ketones (excluding diaryl/α,β-unsaturated/α-hetero) is 1. The second-order valence-corrected chi connectivity index (χ2v) is 6.87. The first kappa shape index (κ1) is 14.4. The predicted molar refractivity (Wildman–Crippen MR) is 94.5 cm³/mol. The predicted octanol–water partition coefficient (Wildman–Crippen LogP) is 5.57. The van der Waals surface area contributed by atoms with Gasteiger partial charge in [0.1, 0.15) is 0 Å². The van der Waals surface area contributed by atoms with Crippen LogP contribution in [0.4, 0.5) is 0 Å². The molecule has 0 aliphatic heterocycles. The van der Waals surface area contributed by atoms with Crippen molar-refractivity contribution in [1.82, 2.24) is 0 Å². The summed E-state index contributed by atoms with van der Waals surface area (Å²) in [5.74, 6) is 0.699. The number of hydrogen-bond acceptors (Lipinski definition) is 1. The van der Waals surface area contributed by atoms with Crippen LogP contribution in [0.2, 0.25) is 0 Å². The molecule has 0 aromatic heterocycles. The normalized spacial score (nSPS) is 18.4. The SMILES string of the molecule is Cc1ccc2c(c1)C(c1ccccc1)=C(C1CCCCC1)C2=O. The van der Waals surface area contributed by atoms with E-state index < -0.39 is 0 Å². The first-order chi connectivity index (χ1) is 11.3. The summed E-state index contributed by atoms with van der Waals surface area (Å²) in [5, 5.41) is 0. The van der Waals surface area contributed by atoms with Gasteiger partial charge in [-0.2, -0.15) is 0 Å². The molecule has 0 bridgehead atoms. The molecule has 2 aliphatic rings.